The van der Waals surface area contributed by atoms with E-state index < -0.39 is 27.8 Å². The van der Waals surface area contributed by atoms with Gasteiger partial charge in [0, 0.05) is 43.2 Å². The average molecular weight is 684 g/mol. The van der Waals surface area contributed by atoms with Gasteiger partial charge in [-0.3, -0.25) is 14.7 Å². The van der Waals surface area contributed by atoms with Crippen LogP contribution >= 0.6 is 0 Å². The van der Waals surface area contributed by atoms with Crippen LogP contribution in [0.1, 0.15) is 48.1 Å². The monoisotopic (exact) mass is 683 g/mol. The van der Waals surface area contributed by atoms with Crippen LogP contribution in [0.4, 0.5) is 30.9 Å². The Morgan fingerprint density at radius 1 is 0.875 bits per heavy atom. The van der Waals surface area contributed by atoms with Gasteiger partial charge in [0.2, 0.25) is 0 Å². The third-order valence-corrected chi connectivity index (χ3v) is 7.37. The zero-order chi connectivity index (χ0) is 35.4. The number of carbonyl (C=O) groups is 2. The standard InChI is InChI=1S/C32H35F2N7O2.CH4O3S/c1-20-6-9-23(10-7-20)41-29(19-27(38-41)32(3,4)5)37-31(43)36-26-12-13-28(35-21(26)2)39-14-16-40(17-15-39)30(42)22-8-11-24(33)25(34)18-22;1-5(2,3)4/h6-13,18-19H,14-17H2,1-5H3,(H2,36,37,43);1H3,(H,2,3,4). The van der Waals surface area contributed by atoms with Gasteiger partial charge < -0.3 is 15.1 Å². The number of piperazine rings is 1. The second-order valence-electron chi connectivity index (χ2n) is 12.4. The van der Waals surface area contributed by atoms with Gasteiger partial charge >= 0.3 is 6.03 Å². The molecule has 3 heterocycles. The van der Waals surface area contributed by atoms with Crippen LogP contribution in [0.3, 0.4) is 0 Å². The van der Waals surface area contributed by atoms with Crippen LogP contribution in [0.25, 0.3) is 5.69 Å². The van der Waals surface area contributed by atoms with Crippen molar-refractivity contribution in [3.63, 3.8) is 0 Å². The summed E-state index contributed by atoms with van der Waals surface area (Å²) in [5, 5.41) is 10.6. The van der Waals surface area contributed by atoms with Crippen molar-refractivity contribution < 1.29 is 31.3 Å². The molecule has 0 unspecified atom stereocenters. The van der Waals surface area contributed by atoms with Crippen LogP contribution in [-0.2, 0) is 15.5 Å². The number of halogens is 2. The molecular formula is C33H39F2N7O5S. The van der Waals surface area contributed by atoms with Crippen molar-refractivity contribution >= 4 is 39.4 Å². The molecule has 15 heteroatoms. The van der Waals surface area contributed by atoms with Crippen LogP contribution in [0.15, 0.2) is 60.7 Å². The molecule has 3 N–H and O–H groups in total. The first-order valence-electron chi connectivity index (χ1n) is 15.0. The van der Waals surface area contributed by atoms with Crippen molar-refractivity contribution in [1.29, 1.82) is 0 Å². The third kappa shape index (κ3) is 9.58. The molecule has 2 aromatic heterocycles. The maximum Gasteiger partial charge on any atom is 0.324 e. The normalized spacial score (nSPS) is 13.4. The summed E-state index contributed by atoms with van der Waals surface area (Å²) in [5.41, 5.74) is 3.91. The number of hydrogen-bond donors (Lipinski definition) is 3. The summed E-state index contributed by atoms with van der Waals surface area (Å²) in [6.07, 6.45) is 0.715. The molecule has 4 aromatic rings. The molecule has 0 bridgehead atoms. The predicted octanol–water partition coefficient (Wildman–Crippen LogP) is 5.57. The van der Waals surface area contributed by atoms with Crippen LogP contribution in [-0.4, -0.2) is 77.0 Å². The lowest BCUT2D eigenvalue weighted by molar-refractivity contribution is 0.0746. The number of nitrogens with zero attached hydrogens (tertiary/aromatic N) is 5. The first kappa shape index (κ1) is 36.0. The summed E-state index contributed by atoms with van der Waals surface area (Å²) in [6, 6.07) is 16.2. The van der Waals surface area contributed by atoms with Gasteiger partial charge in [-0.1, -0.05) is 38.5 Å². The molecule has 0 saturated carbocycles. The Morgan fingerprint density at radius 2 is 1.50 bits per heavy atom. The van der Waals surface area contributed by atoms with Gasteiger partial charge in [-0.15, -0.1) is 0 Å². The Kier molecular flexibility index (Phi) is 10.8. The molecule has 1 saturated heterocycles. The quantitative estimate of drug-likeness (QED) is 0.231. The lowest BCUT2D eigenvalue weighted by atomic mass is 9.92. The van der Waals surface area contributed by atoms with Crippen LogP contribution in [0.5, 0.6) is 0 Å². The lowest BCUT2D eigenvalue weighted by Crippen LogP contribution is -2.49. The lowest BCUT2D eigenvalue weighted by Gasteiger charge is -2.35. The summed E-state index contributed by atoms with van der Waals surface area (Å²) in [6.45, 7) is 11.9. The minimum absolute atomic E-state index is 0.117. The fraction of sp³-hybridized carbons (Fsp3) is 0.333. The zero-order valence-electron chi connectivity index (χ0n) is 27.6. The third-order valence-electron chi connectivity index (χ3n) is 7.37. The molecule has 2 aromatic carbocycles. The van der Waals surface area contributed by atoms with Gasteiger partial charge in [-0.2, -0.15) is 13.5 Å². The number of rotatable bonds is 5. The molecule has 12 nitrogen and oxygen atoms in total. The minimum atomic E-state index is -3.67. The van der Waals surface area contributed by atoms with Gasteiger partial charge in [-0.05, 0) is 56.3 Å². The second kappa shape index (κ2) is 14.5. The van der Waals surface area contributed by atoms with E-state index in [1.54, 1.807) is 15.6 Å². The topological polar surface area (TPSA) is 150 Å². The number of benzene rings is 2. The number of aryl methyl sites for hydroxylation is 2. The predicted molar refractivity (Wildman–Crippen MR) is 181 cm³/mol. The number of nitrogens with one attached hydrogen (secondary N) is 2. The van der Waals surface area contributed by atoms with Crippen molar-refractivity contribution in [2.75, 3.05) is 48.0 Å². The molecule has 0 atom stereocenters. The van der Waals surface area contributed by atoms with Crippen molar-refractivity contribution in [2.45, 2.75) is 40.0 Å². The molecule has 1 aliphatic rings. The average Bonchev–Trinajstić information content (AvgIpc) is 3.43. The van der Waals surface area contributed by atoms with E-state index in [1.807, 2.05) is 55.1 Å². The van der Waals surface area contributed by atoms with E-state index in [-0.39, 0.29) is 16.9 Å². The van der Waals surface area contributed by atoms with Crippen molar-refractivity contribution in [2.24, 2.45) is 0 Å². The Morgan fingerprint density at radius 3 is 2.06 bits per heavy atom. The highest BCUT2D eigenvalue weighted by Gasteiger charge is 2.25. The Balaban J connectivity index is 0.000000968. The molecule has 48 heavy (non-hydrogen) atoms. The molecule has 0 radical (unpaired) electrons. The van der Waals surface area contributed by atoms with Crippen molar-refractivity contribution in [3.8, 4) is 5.69 Å². The highest BCUT2D eigenvalue weighted by atomic mass is 32.2. The number of hydrogen-bond acceptors (Lipinski definition) is 7. The SMILES string of the molecule is CS(=O)(=O)O.Cc1ccc(-n2nc(C(C)(C)C)cc2NC(=O)Nc2ccc(N3CCN(C(=O)c4ccc(F)c(F)c4)CC3)nc2C)cc1. The molecule has 0 spiro atoms. The molecule has 1 fully saturated rings. The van der Waals surface area contributed by atoms with Crippen LogP contribution in [0, 0.1) is 25.5 Å². The fourth-order valence-electron chi connectivity index (χ4n) is 4.80. The van der Waals surface area contributed by atoms with E-state index in [0.29, 0.717) is 49.6 Å². The number of aromatic nitrogens is 3. The smallest absolute Gasteiger partial charge is 0.324 e. The molecule has 0 aliphatic carbocycles. The van der Waals surface area contributed by atoms with Crippen molar-refractivity contribution in [1.82, 2.24) is 19.7 Å². The molecule has 3 amide bonds. The summed E-state index contributed by atoms with van der Waals surface area (Å²) < 4.78 is 54.5. The summed E-state index contributed by atoms with van der Waals surface area (Å²) in [4.78, 5) is 34.2. The highest BCUT2D eigenvalue weighted by molar-refractivity contribution is 7.85. The minimum Gasteiger partial charge on any atom is -0.353 e. The van der Waals surface area contributed by atoms with Crippen LogP contribution in [0.2, 0.25) is 0 Å². The Hall–Kier alpha value is -4.89. The first-order valence-corrected chi connectivity index (χ1v) is 16.9. The van der Waals surface area contributed by atoms with Crippen molar-refractivity contribution in [3.05, 3.63) is 94.8 Å². The van der Waals surface area contributed by atoms with Gasteiger partial charge in [0.05, 0.1) is 29.0 Å². The first-order chi connectivity index (χ1) is 22.4. The molecule has 256 valence electrons. The largest absolute Gasteiger partial charge is 0.353 e. The second-order valence-corrected chi connectivity index (χ2v) is 13.9. The Bertz CT molecular complexity index is 1890. The zero-order valence-corrected chi connectivity index (χ0v) is 28.4. The van der Waals surface area contributed by atoms with Crippen LogP contribution < -0.4 is 15.5 Å². The number of pyridine rings is 1. The fourth-order valence-corrected chi connectivity index (χ4v) is 4.80. The molecule has 5 rings (SSSR count). The summed E-state index contributed by atoms with van der Waals surface area (Å²) >= 11 is 0. The number of urea groups is 1. The van der Waals surface area contributed by atoms with E-state index in [2.05, 4.69) is 36.4 Å². The van der Waals surface area contributed by atoms with Gasteiger partial charge in [0.15, 0.2) is 11.6 Å². The van der Waals surface area contributed by atoms with E-state index in [1.165, 1.54) is 6.07 Å². The van der Waals surface area contributed by atoms with E-state index in [9.17, 15) is 26.8 Å². The number of anilines is 3. The van der Waals surface area contributed by atoms with E-state index >= 15 is 0 Å². The highest BCUT2D eigenvalue weighted by Crippen LogP contribution is 2.27. The maximum atomic E-state index is 13.6. The molecular weight excluding hydrogens is 644 g/mol. The molecule has 1 aliphatic heterocycles. The van der Waals surface area contributed by atoms with Gasteiger partial charge in [0.1, 0.15) is 11.6 Å². The van der Waals surface area contributed by atoms with Gasteiger partial charge in [0.25, 0.3) is 16.0 Å². The maximum absolute atomic E-state index is 13.6. The number of amides is 3. The number of carbonyl (C=O) groups excluding carboxylic acids is 2. The Labute approximate surface area is 278 Å². The van der Waals surface area contributed by atoms with E-state index in [4.69, 9.17) is 9.65 Å². The summed E-state index contributed by atoms with van der Waals surface area (Å²) in [7, 11) is -3.67. The summed E-state index contributed by atoms with van der Waals surface area (Å²) in [5.74, 6) is -1.11. The van der Waals surface area contributed by atoms with E-state index in [0.717, 1.165) is 34.9 Å². The van der Waals surface area contributed by atoms with Gasteiger partial charge in [-0.25, -0.2) is 23.2 Å².